The van der Waals surface area contributed by atoms with Crippen molar-refractivity contribution in [3.63, 3.8) is 0 Å². The Balaban J connectivity index is 1.30. The van der Waals surface area contributed by atoms with Crippen LogP contribution in [0.4, 0.5) is 0 Å². The summed E-state index contributed by atoms with van der Waals surface area (Å²) in [4.78, 5) is 39.5. The number of nitrogens with zero attached hydrogens (tertiary/aromatic N) is 2. The molecule has 0 radical (unpaired) electrons. The normalized spacial score (nSPS) is 17.0. The lowest BCUT2D eigenvalue weighted by Gasteiger charge is -2.34. The maximum absolute atomic E-state index is 13.4. The van der Waals surface area contributed by atoms with Crippen molar-refractivity contribution in [2.45, 2.75) is 50.5 Å². The van der Waals surface area contributed by atoms with Crippen molar-refractivity contribution in [3.8, 4) is 5.75 Å². The maximum Gasteiger partial charge on any atom is 0.273 e. The molecule has 2 aromatic rings. The molecule has 1 aromatic carbocycles. The number of aryl methyl sites for hydroxylation is 1. The third-order valence-electron chi connectivity index (χ3n) is 6.76. The average molecular weight is 609 g/mol. The van der Waals surface area contributed by atoms with Crippen LogP contribution in [0.2, 0.25) is 0 Å². The molecule has 11 heteroatoms. The first kappa shape index (κ1) is 26.4. The van der Waals surface area contributed by atoms with Crippen LogP contribution in [0.1, 0.15) is 59.8 Å². The number of carbonyl (C=O) groups excluding carboxylic acids is 3. The van der Waals surface area contributed by atoms with E-state index in [4.69, 9.17) is 10.3 Å². The number of rotatable bonds is 10. The molecule has 194 valence electrons. The molecule has 10 nitrogen and oxygen atoms in total. The molecule has 1 aliphatic carbocycles. The zero-order chi connectivity index (χ0) is 25.7. The Hall–Kier alpha value is -2.67. The molecule has 5 N–H and O–H groups in total. The molecule has 1 aromatic heterocycles. The molecule has 1 atom stereocenters. The van der Waals surface area contributed by atoms with Crippen LogP contribution in [0.25, 0.3) is 0 Å². The number of hydrogen-bond donors (Lipinski definition) is 4. The van der Waals surface area contributed by atoms with Gasteiger partial charge in [0.15, 0.2) is 5.69 Å². The Labute approximate surface area is 223 Å². The van der Waals surface area contributed by atoms with Gasteiger partial charge in [-0.3, -0.25) is 14.4 Å². The number of benzene rings is 1. The molecule has 0 bridgehead atoms. The first-order valence-electron chi connectivity index (χ1n) is 12.3. The highest BCUT2D eigenvalue weighted by molar-refractivity contribution is 14.1. The summed E-state index contributed by atoms with van der Waals surface area (Å²) >= 11 is 2.07. The number of hydrogen-bond acceptors (Lipinski definition) is 7. The third-order valence-corrected chi connectivity index (χ3v) is 7.62. The van der Waals surface area contributed by atoms with E-state index in [-0.39, 0.29) is 42.6 Å². The fraction of sp³-hybridized carbons (Fsp3) is 0.520. The molecule has 0 spiro atoms. The van der Waals surface area contributed by atoms with Gasteiger partial charge in [0.25, 0.3) is 5.91 Å². The van der Waals surface area contributed by atoms with Crippen LogP contribution in [-0.4, -0.2) is 65.1 Å². The minimum absolute atomic E-state index is 0.0175. The predicted octanol–water partition coefficient (Wildman–Crippen LogP) is 1.91. The van der Waals surface area contributed by atoms with Gasteiger partial charge in [0.1, 0.15) is 11.5 Å². The molecular weight excluding hydrogens is 577 g/mol. The highest BCUT2D eigenvalue weighted by Gasteiger charge is 2.31. The Bertz CT molecular complexity index is 1090. The van der Waals surface area contributed by atoms with Gasteiger partial charge in [0, 0.05) is 37.7 Å². The lowest BCUT2D eigenvalue weighted by Crippen LogP contribution is -2.49. The number of halogens is 1. The van der Waals surface area contributed by atoms with Gasteiger partial charge in [-0.1, -0.05) is 11.2 Å². The van der Waals surface area contributed by atoms with E-state index in [1.165, 1.54) is 0 Å². The summed E-state index contributed by atoms with van der Waals surface area (Å²) in [5, 5.41) is 19.4. The van der Waals surface area contributed by atoms with Gasteiger partial charge in [0.05, 0.1) is 16.0 Å². The monoisotopic (exact) mass is 609 g/mol. The number of aromatic hydroxyl groups is 1. The van der Waals surface area contributed by atoms with E-state index in [0.717, 1.165) is 27.7 Å². The summed E-state index contributed by atoms with van der Waals surface area (Å²) < 4.78 is 6.03. The summed E-state index contributed by atoms with van der Waals surface area (Å²) in [5.74, 6) is 0.436. The second-order valence-electron chi connectivity index (χ2n) is 9.49. The summed E-state index contributed by atoms with van der Waals surface area (Å²) in [7, 11) is 0. The molecule has 4 rings (SSSR count). The van der Waals surface area contributed by atoms with Crippen LogP contribution >= 0.6 is 22.6 Å². The second-order valence-corrected chi connectivity index (χ2v) is 10.7. The highest BCUT2D eigenvalue weighted by atomic mass is 127. The van der Waals surface area contributed by atoms with E-state index in [1.54, 1.807) is 12.1 Å². The minimum atomic E-state index is -0.394. The fourth-order valence-corrected chi connectivity index (χ4v) is 4.97. The lowest BCUT2D eigenvalue weighted by atomic mass is 9.96. The van der Waals surface area contributed by atoms with Crippen molar-refractivity contribution in [3.05, 3.63) is 44.9 Å². The van der Waals surface area contributed by atoms with Gasteiger partial charge in [-0.05, 0) is 78.8 Å². The Kier molecular flexibility index (Phi) is 8.83. The first-order chi connectivity index (χ1) is 17.3. The summed E-state index contributed by atoms with van der Waals surface area (Å²) in [6.07, 6.45) is 4.63. The van der Waals surface area contributed by atoms with Crippen molar-refractivity contribution in [2.24, 2.45) is 11.7 Å². The molecular formula is C25H32IN5O5. The average Bonchev–Trinajstić information content (AvgIpc) is 3.61. The molecule has 0 unspecified atom stereocenters. The number of likely N-dealkylation sites (tertiary alicyclic amines) is 1. The van der Waals surface area contributed by atoms with E-state index in [1.807, 2.05) is 17.0 Å². The van der Waals surface area contributed by atoms with Gasteiger partial charge in [-0.15, -0.1) is 0 Å². The fourth-order valence-electron chi connectivity index (χ4n) is 4.39. The molecule has 36 heavy (non-hydrogen) atoms. The molecule has 1 aliphatic heterocycles. The molecule has 2 fully saturated rings. The minimum Gasteiger partial charge on any atom is -0.507 e. The van der Waals surface area contributed by atoms with E-state index in [2.05, 4.69) is 38.4 Å². The number of piperidine rings is 1. The zero-order valence-corrected chi connectivity index (χ0v) is 22.2. The van der Waals surface area contributed by atoms with E-state index >= 15 is 0 Å². The van der Waals surface area contributed by atoms with Gasteiger partial charge in [-0.25, -0.2) is 0 Å². The van der Waals surface area contributed by atoms with Gasteiger partial charge in [-0.2, -0.15) is 0 Å². The number of nitrogens with one attached hydrogen (secondary N) is 2. The third kappa shape index (κ3) is 6.96. The van der Waals surface area contributed by atoms with Crippen LogP contribution in [-0.2, 0) is 16.0 Å². The number of aromatic nitrogens is 1. The summed E-state index contributed by atoms with van der Waals surface area (Å²) in [6, 6.07) is 7.06. The van der Waals surface area contributed by atoms with Crippen molar-refractivity contribution in [1.82, 2.24) is 20.7 Å². The largest absolute Gasteiger partial charge is 0.507 e. The van der Waals surface area contributed by atoms with Crippen LogP contribution in [0.3, 0.4) is 0 Å². The summed E-state index contributed by atoms with van der Waals surface area (Å²) in [5.41, 5.74) is 6.73. The highest BCUT2D eigenvalue weighted by Crippen LogP contribution is 2.40. The molecule has 2 aliphatic rings. The van der Waals surface area contributed by atoms with Crippen molar-refractivity contribution in [2.75, 3.05) is 26.2 Å². The predicted molar refractivity (Wildman–Crippen MR) is 140 cm³/mol. The zero-order valence-electron chi connectivity index (χ0n) is 20.0. The Morgan fingerprint density at radius 1 is 1.19 bits per heavy atom. The number of phenols is 1. The second kappa shape index (κ2) is 12.0. The molecule has 1 saturated carbocycles. The standard InChI is InChI=1S/C25H32IN5O5/c26-19-11-15(2-6-21(19)32)1-3-17(14-28-23(33)13-27)25(35)31-9-7-18(8-10-31)29-24(34)20-12-22(36-30-20)16-4-5-16/h2,6,11-12,16-18,32H,1,3-5,7-10,13-14,27H2,(H,28,33)(H,29,34)/t17-/m0/s1. The van der Waals surface area contributed by atoms with Crippen LogP contribution in [0.15, 0.2) is 28.8 Å². The quantitative estimate of drug-likeness (QED) is 0.301. The van der Waals surface area contributed by atoms with E-state index in [9.17, 15) is 19.5 Å². The van der Waals surface area contributed by atoms with Crippen LogP contribution in [0.5, 0.6) is 5.75 Å². The smallest absolute Gasteiger partial charge is 0.273 e. The summed E-state index contributed by atoms with van der Waals surface area (Å²) in [6.45, 7) is 1.13. The Morgan fingerprint density at radius 2 is 1.94 bits per heavy atom. The van der Waals surface area contributed by atoms with Crippen molar-refractivity contribution in [1.29, 1.82) is 0 Å². The molecule has 1 saturated heterocycles. The van der Waals surface area contributed by atoms with E-state index in [0.29, 0.717) is 50.4 Å². The first-order valence-corrected chi connectivity index (χ1v) is 13.4. The number of amides is 3. The van der Waals surface area contributed by atoms with Gasteiger partial charge >= 0.3 is 0 Å². The van der Waals surface area contributed by atoms with Crippen LogP contribution < -0.4 is 16.4 Å². The van der Waals surface area contributed by atoms with Crippen LogP contribution in [0, 0.1) is 9.49 Å². The molecule has 2 heterocycles. The topological polar surface area (TPSA) is 151 Å². The van der Waals surface area contributed by atoms with E-state index < -0.39 is 5.92 Å². The maximum atomic E-state index is 13.4. The van der Waals surface area contributed by atoms with Gasteiger partial charge < -0.3 is 30.9 Å². The Morgan fingerprint density at radius 3 is 2.61 bits per heavy atom. The number of carbonyl (C=O) groups is 3. The number of phenolic OH excluding ortho intramolecular Hbond substituents is 1. The van der Waals surface area contributed by atoms with Crippen molar-refractivity contribution < 1.29 is 24.0 Å². The lowest BCUT2D eigenvalue weighted by molar-refractivity contribution is -0.136. The molecule has 3 amide bonds. The SMILES string of the molecule is NCC(=O)NC[C@H](CCc1ccc(O)c(I)c1)C(=O)N1CCC(NC(=O)c2cc(C3CC3)on2)CC1. The number of nitrogens with two attached hydrogens (primary N) is 1. The van der Waals surface area contributed by atoms with Gasteiger partial charge in [0.2, 0.25) is 11.8 Å². The van der Waals surface area contributed by atoms with Crippen molar-refractivity contribution >= 4 is 40.3 Å².